The quantitative estimate of drug-likeness (QED) is 0.386. The van der Waals surface area contributed by atoms with E-state index in [0.717, 1.165) is 41.9 Å². The molecule has 4 rings (SSSR count). The van der Waals surface area contributed by atoms with Crippen LogP contribution in [0.5, 0.6) is 0 Å². The molecular formula is C29H38N2O2. The highest BCUT2D eigenvalue weighted by Gasteiger charge is 2.25. The third-order valence-electron chi connectivity index (χ3n) is 6.88. The van der Waals surface area contributed by atoms with Crippen LogP contribution in [0.15, 0.2) is 48.7 Å². The van der Waals surface area contributed by atoms with Crippen molar-refractivity contribution < 1.29 is 9.59 Å². The van der Waals surface area contributed by atoms with Crippen molar-refractivity contribution in [3.63, 3.8) is 0 Å². The molecule has 1 saturated carbocycles. The van der Waals surface area contributed by atoms with Crippen molar-refractivity contribution in [2.24, 2.45) is 11.8 Å². The van der Waals surface area contributed by atoms with Crippen molar-refractivity contribution in [1.29, 1.82) is 0 Å². The van der Waals surface area contributed by atoms with Gasteiger partial charge in [-0.05, 0) is 86.6 Å². The Bertz CT molecular complexity index is 1070. The number of carbonyl (C=O) groups is 2. The van der Waals surface area contributed by atoms with Crippen LogP contribution in [0.1, 0.15) is 80.8 Å². The highest BCUT2D eigenvalue weighted by Crippen LogP contribution is 2.32. The topological polar surface area (TPSA) is 62.0 Å². The summed E-state index contributed by atoms with van der Waals surface area (Å²) in [6, 6.07) is 14.0. The zero-order valence-corrected chi connectivity index (χ0v) is 20.5. The lowest BCUT2D eigenvalue weighted by atomic mass is 9.80. The summed E-state index contributed by atoms with van der Waals surface area (Å²) in [6.45, 7) is 7.99. The number of benzene rings is 2. The molecule has 1 heterocycles. The molecule has 0 radical (unpaired) electrons. The van der Waals surface area contributed by atoms with Crippen LogP contribution >= 0.6 is 0 Å². The van der Waals surface area contributed by atoms with Gasteiger partial charge in [0.1, 0.15) is 0 Å². The van der Waals surface area contributed by atoms with E-state index in [1.54, 1.807) is 6.92 Å². The smallest absolute Gasteiger partial charge is 0.227 e. The molecule has 1 fully saturated rings. The predicted molar refractivity (Wildman–Crippen MR) is 138 cm³/mol. The first-order valence-electron chi connectivity index (χ1n) is 12.4. The van der Waals surface area contributed by atoms with Crippen molar-refractivity contribution >= 4 is 28.3 Å². The average Bonchev–Trinajstić information content (AvgIpc) is 3.28. The predicted octanol–water partition coefficient (Wildman–Crippen LogP) is 7.47. The molecule has 0 saturated heterocycles. The van der Waals surface area contributed by atoms with Crippen molar-refractivity contribution in [3.8, 4) is 0 Å². The van der Waals surface area contributed by atoms with E-state index >= 15 is 0 Å². The summed E-state index contributed by atoms with van der Waals surface area (Å²) in [4.78, 5) is 26.7. The highest BCUT2D eigenvalue weighted by molar-refractivity contribution is 5.96. The molecule has 4 nitrogen and oxygen atoms in total. The third-order valence-corrected chi connectivity index (χ3v) is 6.88. The summed E-state index contributed by atoms with van der Waals surface area (Å²) >= 11 is 0. The number of ketones is 1. The van der Waals surface area contributed by atoms with Crippen molar-refractivity contribution in [3.05, 3.63) is 65.4 Å². The lowest BCUT2D eigenvalue weighted by Gasteiger charge is -2.27. The third kappa shape index (κ3) is 6.56. The first kappa shape index (κ1) is 24.8. The van der Waals surface area contributed by atoms with E-state index in [-0.39, 0.29) is 17.6 Å². The Balaban J connectivity index is 0.000000218. The molecular weight excluding hydrogens is 408 g/mol. The zero-order chi connectivity index (χ0) is 23.8. The number of hydrogen-bond acceptors (Lipinski definition) is 2. The van der Waals surface area contributed by atoms with Gasteiger partial charge in [-0.1, -0.05) is 51.0 Å². The number of carbonyl (C=O) groups excluding carboxylic acids is 2. The van der Waals surface area contributed by atoms with Crippen molar-refractivity contribution in [2.45, 2.75) is 72.6 Å². The summed E-state index contributed by atoms with van der Waals surface area (Å²) in [5, 5.41) is 4.26. The summed E-state index contributed by atoms with van der Waals surface area (Å²) in [6.07, 6.45) is 9.94. The van der Waals surface area contributed by atoms with Gasteiger partial charge in [0.2, 0.25) is 5.91 Å². The Labute approximate surface area is 198 Å². The van der Waals surface area contributed by atoms with Crippen LogP contribution < -0.4 is 5.32 Å². The molecule has 3 aromatic rings. The maximum Gasteiger partial charge on any atom is 0.227 e. The molecule has 0 unspecified atom stereocenters. The Kier molecular flexibility index (Phi) is 8.87. The van der Waals surface area contributed by atoms with Crippen LogP contribution in [0.4, 0.5) is 5.69 Å². The zero-order valence-electron chi connectivity index (χ0n) is 20.5. The maximum atomic E-state index is 12.4. The number of aryl methyl sites for hydroxylation is 1. The van der Waals surface area contributed by atoms with Crippen LogP contribution in [0.2, 0.25) is 0 Å². The average molecular weight is 447 g/mol. The second kappa shape index (κ2) is 11.8. The van der Waals surface area contributed by atoms with Crippen LogP contribution in [-0.2, 0) is 11.2 Å². The van der Waals surface area contributed by atoms with E-state index in [4.69, 9.17) is 0 Å². The summed E-state index contributed by atoms with van der Waals surface area (Å²) in [5.41, 5.74) is 5.23. The number of rotatable bonds is 6. The van der Waals surface area contributed by atoms with E-state index in [1.165, 1.54) is 42.2 Å². The number of aromatic amines is 1. The highest BCUT2D eigenvalue weighted by atomic mass is 16.2. The monoisotopic (exact) mass is 446 g/mol. The minimum absolute atomic E-state index is 0.163. The molecule has 0 atom stereocenters. The van der Waals surface area contributed by atoms with Crippen molar-refractivity contribution in [2.75, 3.05) is 5.32 Å². The van der Waals surface area contributed by atoms with E-state index in [9.17, 15) is 9.59 Å². The molecule has 0 spiro atoms. The van der Waals surface area contributed by atoms with Gasteiger partial charge in [0.25, 0.3) is 0 Å². The second-order valence-corrected chi connectivity index (χ2v) is 9.29. The Morgan fingerprint density at radius 1 is 1.03 bits per heavy atom. The molecule has 0 bridgehead atoms. The molecule has 1 aliphatic carbocycles. The lowest BCUT2D eigenvalue weighted by Crippen LogP contribution is -2.27. The van der Waals surface area contributed by atoms with Gasteiger partial charge >= 0.3 is 0 Å². The van der Waals surface area contributed by atoms with Gasteiger partial charge in [0.05, 0.1) is 0 Å². The Morgan fingerprint density at radius 2 is 1.79 bits per heavy atom. The number of hydrogen-bond donors (Lipinski definition) is 2. The maximum absolute atomic E-state index is 12.4. The number of aromatic nitrogens is 1. The molecule has 1 amide bonds. The SMILES string of the molecule is CCCC1CCC(C(=O)Nc2ccc3cc[nH]c3c2)CC1.CCc1c(C)cccc1C(C)=O. The fourth-order valence-electron chi connectivity index (χ4n) is 4.99. The van der Waals surface area contributed by atoms with Gasteiger partial charge in [-0.2, -0.15) is 0 Å². The number of fused-ring (bicyclic) bond motifs is 1. The fourth-order valence-corrected chi connectivity index (χ4v) is 4.99. The van der Waals surface area contributed by atoms with Gasteiger partial charge in [0, 0.05) is 28.9 Å². The molecule has 2 aromatic carbocycles. The van der Waals surface area contributed by atoms with Crippen LogP contribution in [-0.4, -0.2) is 16.7 Å². The van der Waals surface area contributed by atoms with E-state index in [2.05, 4.69) is 24.1 Å². The Morgan fingerprint density at radius 3 is 2.42 bits per heavy atom. The molecule has 0 aliphatic heterocycles. The molecule has 33 heavy (non-hydrogen) atoms. The standard InChI is InChI=1S/C18H24N2O.C11H14O/c1-2-3-13-4-6-15(7-5-13)18(21)20-16-9-8-14-10-11-19-17(14)12-16;1-4-10-8(2)6-5-7-11(10)9(3)12/h8-13,15,19H,2-7H2,1H3,(H,20,21);5-7H,4H2,1-3H3. The van der Waals surface area contributed by atoms with E-state index in [1.807, 2.05) is 55.6 Å². The molecule has 1 aromatic heterocycles. The number of amides is 1. The second-order valence-electron chi connectivity index (χ2n) is 9.29. The lowest BCUT2D eigenvalue weighted by molar-refractivity contribution is -0.121. The van der Waals surface area contributed by atoms with Gasteiger partial charge in [-0.15, -0.1) is 0 Å². The van der Waals surface area contributed by atoms with Gasteiger partial charge in [-0.25, -0.2) is 0 Å². The number of Topliss-reactive ketones (excluding diaryl/α,β-unsaturated/α-hetero) is 1. The molecule has 2 N–H and O–H groups in total. The Hall–Kier alpha value is -2.88. The first-order chi connectivity index (χ1) is 15.9. The minimum Gasteiger partial charge on any atom is -0.361 e. The minimum atomic E-state index is 0.163. The normalized spacial score (nSPS) is 17.8. The number of anilines is 1. The summed E-state index contributed by atoms with van der Waals surface area (Å²) in [7, 11) is 0. The summed E-state index contributed by atoms with van der Waals surface area (Å²) in [5.74, 6) is 1.39. The van der Waals surface area contributed by atoms with E-state index < -0.39 is 0 Å². The van der Waals surface area contributed by atoms with Crippen LogP contribution in [0, 0.1) is 18.8 Å². The molecule has 4 heteroatoms. The van der Waals surface area contributed by atoms with Gasteiger partial charge in [0.15, 0.2) is 5.78 Å². The number of nitrogens with one attached hydrogen (secondary N) is 2. The van der Waals surface area contributed by atoms with E-state index in [0.29, 0.717) is 0 Å². The first-order valence-corrected chi connectivity index (χ1v) is 12.4. The fraction of sp³-hybridized carbons (Fsp3) is 0.448. The largest absolute Gasteiger partial charge is 0.361 e. The number of H-pyrrole nitrogens is 1. The van der Waals surface area contributed by atoms with Gasteiger partial charge in [-0.3, -0.25) is 9.59 Å². The van der Waals surface area contributed by atoms with Crippen LogP contribution in [0.3, 0.4) is 0 Å². The molecule has 176 valence electrons. The van der Waals surface area contributed by atoms with Crippen molar-refractivity contribution in [1.82, 2.24) is 4.98 Å². The summed E-state index contributed by atoms with van der Waals surface area (Å²) < 4.78 is 0. The molecule has 1 aliphatic rings. The van der Waals surface area contributed by atoms with Gasteiger partial charge < -0.3 is 10.3 Å². The van der Waals surface area contributed by atoms with Crippen LogP contribution in [0.25, 0.3) is 10.9 Å².